The molecule has 1 amide bonds. The summed E-state index contributed by atoms with van der Waals surface area (Å²) in [5, 5.41) is 23.0. The van der Waals surface area contributed by atoms with Crippen molar-refractivity contribution in [3.63, 3.8) is 0 Å². The minimum Gasteiger partial charge on any atom is -0.507 e. The van der Waals surface area contributed by atoms with Gasteiger partial charge in [-0.15, -0.1) is 0 Å². The Kier molecular flexibility index (Phi) is 11.2. The van der Waals surface area contributed by atoms with E-state index < -0.39 is 50.2 Å². The quantitative estimate of drug-likeness (QED) is 0.161. The third kappa shape index (κ3) is 8.83. The van der Waals surface area contributed by atoms with Crippen LogP contribution in [-0.4, -0.2) is 50.5 Å². The molecule has 7 nitrogen and oxygen atoms in total. The molecular formula is C44H67NO6. The van der Waals surface area contributed by atoms with E-state index in [1.165, 1.54) is 6.92 Å². The molecule has 2 aromatic rings. The summed E-state index contributed by atoms with van der Waals surface area (Å²) in [6, 6.07) is 7.73. The van der Waals surface area contributed by atoms with Crippen molar-refractivity contribution in [3.8, 4) is 11.5 Å². The lowest BCUT2D eigenvalue weighted by Crippen LogP contribution is -2.62. The van der Waals surface area contributed by atoms with Gasteiger partial charge in [-0.2, -0.15) is 0 Å². The predicted molar refractivity (Wildman–Crippen MR) is 207 cm³/mol. The molecule has 51 heavy (non-hydrogen) atoms. The topological polar surface area (TPSA) is 104 Å². The van der Waals surface area contributed by atoms with Gasteiger partial charge in [-0.25, -0.2) is 0 Å². The monoisotopic (exact) mass is 705 g/mol. The number of hydrogen-bond acceptors (Lipinski definition) is 6. The van der Waals surface area contributed by atoms with E-state index >= 15 is 0 Å². The van der Waals surface area contributed by atoms with E-state index in [4.69, 9.17) is 4.74 Å². The zero-order valence-electron chi connectivity index (χ0n) is 34.8. The maximum absolute atomic E-state index is 15.0. The summed E-state index contributed by atoms with van der Waals surface area (Å²) in [6.07, 6.45) is 1.32. The second-order valence-corrected chi connectivity index (χ2v) is 20.6. The SMILES string of the molecule is CC(=O)C(Cc1cc(C(C)(C)C)c(O)c(C(C)(C)C)c1)(Cc1cc(C(C)(C)C)c(O)c(C(C)(C)C)c1)C(=O)OC1CC(C)(C)N(C=O)C(C)(C)C1. The van der Waals surface area contributed by atoms with Crippen LogP contribution in [0.5, 0.6) is 11.5 Å². The van der Waals surface area contributed by atoms with Gasteiger partial charge in [-0.3, -0.25) is 14.4 Å². The lowest BCUT2D eigenvalue weighted by molar-refractivity contribution is -0.174. The molecule has 1 fully saturated rings. The third-order valence-electron chi connectivity index (χ3n) is 10.8. The highest BCUT2D eigenvalue weighted by atomic mass is 16.5. The van der Waals surface area contributed by atoms with E-state index in [0.29, 0.717) is 12.8 Å². The van der Waals surface area contributed by atoms with Crippen LogP contribution in [0.3, 0.4) is 0 Å². The Bertz CT molecular complexity index is 1480. The summed E-state index contributed by atoms with van der Waals surface area (Å²) in [4.78, 5) is 43.3. The molecule has 0 atom stereocenters. The zero-order valence-corrected chi connectivity index (χ0v) is 34.8. The lowest BCUT2D eigenvalue weighted by atomic mass is 9.70. The van der Waals surface area contributed by atoms with Crippen molar-refractivity contribution in [2.24, 2.45) is 5.41 Å². The third-order valence-corrected chi connectivity index (χ3v) is 10.8. The molecule has 284 valence electrons. The number of rotatable bonds is 8. The molecular weight excluding hydrogens is 638 g/mol. The average molecular weight is 706 g/mol. The molecule has 2 aromatic carbocycles. The summed E-state index contributed by atoms with van der Waals surface area (Å²) >= 11 is 0. The first kappa shape index (κ1) is 42.1. The number of Topliss-reactive ketones (excluding diaryl/α,β-unsaturated/α-hetero) is 1. The number of phenolic OH excluding ortho intramolecular Hbond substituents is 2. The maximum Gasteiger partial charge on any atom is 0.320 e. The maximum atomic E-state index is 15.0. The number of phenols is 2. The van der Waals surface area contributed by atoms with E-state index in [-0.39, 0.29) is 30.1 Å². The van der Waals surface area contributed by atoms with Crippen LogP contribution in [0.4, 0.5) is 0 Å². The van der Waals surface area contributed by atoms with Crippen molar-refractivity contribution < 1.29 is 29.3 Å². The minimum absolute atomic E-state index is 0.0597. The van der Waals surface area contributed by atoms with E-state index in [2.05, 4.69) is 0 Å². The van der Waals surface area contributed by atoms with Crippen molar-refractivity contribution in [3.05, 3.63) is 57.6 Å². The molecule has 0 aliphatic carbocycles. The summed E-state index contributed by atoms with van der Waals surface area (Å²) in [5.74, 6) is -0.466. The molecule has 0 spiro atoms. The highest BCUT2D eigenvalue weighted by Gasteiger charge is 2.50. The number of carbonyl (C=O) groups excluding carboxylic acids is 3. The number of benzene rings is 2. The van der Waals surface area contributed by atoms with Crippen LogP contribution in [0.1, 0.15) is 164 Å². The van der Waals surface area contributed by atoms with Crippen molar-refractivity contribution in [2.75, 3.05) is 0 Å². The Morgan fingerprint density at radius 2 is 0.980 bits per heavy atom. The number of hydrogen-bond donors (Lipinski definition) is 2. The molecule has 0 saturated carbocycles. The molecule has 1 aliphatic rings. The first-order chi connectivity index (χ1) is 22.8. The molecule has 2 N–H and O–H groups in total. The van der Waals surface area contributed by atoms with Crippen molar-refractivity contribution in [2.45, 2.75) is 182 Å². The molecule has 0 unspecified atom stereocenters. The Morgan fingerprint density at radius 3 is 1.22 bits per heavy atom. The number of nitrogens with zero attached hydrogens (tertiary/aromatic N) is 1. The molecule has 1 aliphatic heterocycles. The second-order valence-electron chi connectivity index (χ2n) is 20.6. The smallest absolute Gasteiger partial charge is 0.320 e. The number of piperidine rings is 1. The van der Waals surface area contributed by atoms with Crippen LogP contribution < -0.4 is 0 Å². The Hall–Kier alpha value is -3.35. The summed E-state index contributed by atoms with van der Waals surface area (Å²) < 4.78 is 6.46. The van der Waals surface area contributed by atoms with E-state index in [0.717, 1.165) is 39.8 Å². The summed E-state index contributed by atoms with van der Waals surface area (Å²) in [7, 11) is 0. The lowest BCUT2D eigenvalue weighted by Gasteiger charge is -2.53. The molecule has 0 radical (unpaired) electrons. The number of aromatic hydroxyl groups is 2. The fourth-order valence-electron chi connectivity index (χ4n) is 8.01. The molecule has 0 aromatic heterocycles. The largest absolute Gasteiger partial charge is 0.507 e. The molecule has 1 saturated heterocycles. The summed E-state index contributed by atoms with van der Waals surface area (Å²) in [6.45, 7) is 33.8. The van der Waals surface area contributed by atoms with Crippen LogP contribution in [0.25, 0.3) is 0 Å². The average Bonchev–Trinajstić information content (AvgIpc) is 2.90. The van der Waals surface area contributed by atoms with E-state index in [1.807, 2.05) is 135 Å². The van der Waals surface area contributed by atoms with Gasteiger partial charge in [-0.1, -0.05) is 107 Å². The van der Waals surface area contributed by atoms with Crippen LogP contribution in [0.15, 0.2) is 24.3 Å². The number of ether oxygens (including phenoxy) is 1. The van der Waals surface area contributed by atoms with Crippen molar-refractivity contribution in [1.82, 2.24) is 4.90 Å². The highest BCUT2D eigenvalue weighted by Crippen LogP contribution is 2.45. The molecule has 0 bridgehead atoms. The van der Waals surface area contributed by atoms with Gasteiger partial charge in [0.1, 0.15) is 28.8 Å². The van der Waals surface area contributed by atoms with Gasteiger partial charge in [0.15, 0.2) is 0 Å². The van der Waals surface area contributed by atoms with Gasteiger partial charge in [0, 0.05) is 23.9 Å². The van der Waals surface area contributed by atoms with Gasteiger partial charge in [0.25, 0.3) is 0 Å². The Morgan fingerprint density at radius 1 is 0.686 bits per heavy atom. The van der Waals surface area contributed by atoms with Crippen molar-refractivity contribution in [1.29, 1.82) is 0 Å². The standard InChI is InChI=1S/C44H67NO6/c1-27(47)44(37(50)51-30-24-42(14,15)45(26-46)43(16,17)25-30,22-28-18-31(38(2,3)4)35(48)32(19-28)39(5,6)7)23-29-20-33(40(8,9)10)36(49)34(21-29)41(11,12)13/h18-21,26,30,48-49H,22-25H2,1-17H3. The first-order valence-electron chi connectivity index (χ1n) is 18.5. The van der Waals surface area contributed by atoms with Crippen LogP contribution in [0.2, 0.25) is 0 Å². The predicted octanol–water partition coefficient (Wildman–Crippen LogP) is 9.37. The normalized spacial score (nSPS) is 17.3. The number of carbonyl (C=O) groups is 3. The highest BCUT2D eigenvalue weighted by molar-refractivity contribution is 6.03. The van der Waals surface area contributed by atoms with Gasteiger partial charge in [-0.05, 0) is 103 Å². The summed E-state index contributed by atoms with van der Waals surface area (Å²) in [5.41, 5.74) is 0.0734. The second kappa shape index (κ2) is 13.6. The number of ketones is 1. The zero-order chi connectivity index (χ0) is 39.5. The fourth-order valence-corrected chi connectivity index (χ4v) is 8.01. The molecule has 7 heteroatoms. The Balaban J connectivity index is 2.35. The van der Waals surface area contributed by atoms with Crippen LogP contribution >= 0.6 is 0 Å². The van der Waals surface area contributed by atoms with Gasteiger partial charge < -0.3 is 19.8 Å². The number of amides is 1. The molecule has 3 rings (SSSR count). The minimum atomic E-state index is -1.63. The van der Waals surface area contributed by atoms with Crippen molar-refractivity contribution >= 4 is 18.2 Å². The van der Waals surface area contributed by atoms with E-state index in [1.54, 1.807) is 4.90 Å². The van der Waals surface area contributed by atoms with Gasteiger partial charge in [0.05, 0.1) is 0 Å². The number of esters is 1. The van der Waals surface area contributed by atoms with Gasteiger partial charge >= 0.3 is 5.97 Å². The number of likely N-dealkylation sites (tertiary alicyclic amines) is 1. The fraction of sp³-hybridized carbons (Fsp3) is 0.659. The van der Waals surface area contributed by atoms with E-state index in [9.17, 15) is 24.6 Å². The van der Waals surface area contributed by atoms with Gasteiger partial charge in [0.2, 0.25) is 6.41 Å². The van der Waals surface area contributed by atoms with Crippen LogP contribution in [0, 0.1) is 5.41 Å². The Labute approximate surface area is 308 Å². The molecule has 1 heterocycles. The first-order valence-corrected chi connectivity index (χ1v) is 18.5. The van der Waals surface area contributed by atoms with Crippen LogP contribution in [-0.2, 0) is 53.6 Å².